The van der Waals surface area contributed by atoms with E-state index in [0.717, 1.165) is 5.56 Å². The van der Waals surface area contributed by atoms with E-state index in [0.29, 0.717) is 6.42 Å². The predicted molar refractivity (Wildman–Crippen MR) is 88.5 cm³/mol. The summed E-state index contributed by atoms with van der Waals surface area (Å²) in [6.45, 7) is 1.63. The molecule has 25 heavy (non-hydrogen) atoms. The first-order valence-corrected chi connectivity index (χ1v) is 8.07. The Bertz CT molecular complexity index is 662. The molecule has 8 heteroatoms. The van der Waals surface area contributed by atoms with Crippen LogP contribution in [0, 0.1) is 0 Å². The van der Waals surface area contributed by atoms with Crippen molar-refractivity contribution < 1.29 is 24.3 Å². The third kappa shape index (κ3) is 5.03. The number of carboxylic acid groups (broad SMARTS) is 1. The van der Waals surface area contributed by atoms with E-state index < -0.39 is 35.9 Å². The zero-order chi connectivity index (χ0) is 18.4. The molecule has 3 atom stereocenters. The zero-order valence-corrected chi connectivity index (χ0v) is 13.8. The predicted octanol–water partition coefficient (Wildman–Crippen LogP) is -0.418. The molecule has 0 saturated carbocycles. The monoisotopic (exact) mass is 347 g/mol. The zero-order valence-electron chi connectivity index (χ0n) is 13.8. The van der Waals surface area contributed by atoms with Gasteiger partial charge in [0.25, 0.3) is 0 Å². The van der Waals surface area contributed by atoms with Gasteiger partial charge in [-0.3, -0.25) is 14.4 Å². The number of hydrogen-bond acceptors (Lipinski definition) is 4. The molecule has 0 aromatic heterocycles. The lowest BCUT2D eigenvalue weighted by Crippen LogP contribution is -2.63. The summed E-state index contributed by atoms with van der Waals surface area (Å²) in [4.78, 5) is 47.1. The van der Waals surface area contributed by atoms with Gasteiger partial charge in [-0.15, -0.1) is 0 Å². The molecule has 134 valence electrons. The lowest BCUT2D eigenvalue weighted by Gasteiger charge is -2.29. The van der Waals surface area contributed by atoms with E-state index in [-0.39, 0.29) is 18.7 Å². The van der Waals surface area contributed by atoms with Gasteiger partial charge in [-0.05, 0) is 12.0 Å². The molecule has 4 N–H and O–H groups in total. The second-order valence-corrected chi connectivity index (χ2v) is 5.88. The van der Waals surface area contributed by atoms with Gasteiger partial charge in [0.1, 0.15) is 18.1 Å². The van der Waals surface area contributed by atoms with Crippen LogP contribution in [0.3, 0.4) is 0 Å². The van der Waals surface area contributed by atoms with Gasteiger partial charge in [0.05, 0.1) is 6.42 Å². The van der Waals surface area contributed by atoms with E-state index in [1.165, 1.54) is 0 Å². The minimum atomic E-state index is -1.14. The van der Waals surface area contributed by atoms with Gasteiger partial charge < -0.3 is 21.1 Å². The topological polar surface area (TPSA) is 125 Å². The summed E-state index contributed by atoms with van der Waals surface area (Å²) in [6, 6.07) is 6.54. The van der Waals surface area contributed by atoms with Gasteiger partial charge in [0, 0.05) is 6.42 Å². The van der Waals surface area contributed by atoms with E-state index in [9.17, 15) is 19.2 Å². The average Bonchev–Trinajstić information content (AvgIpc) is 2.57. The van der Waals surface area contributed by atoms with Gasteiger partial charge >= 0.3 is 5.97 Å². The maximum atomic E-state index is 12.2. The summed E-state index contributed by atoms with van der Waals surface area (Å²) in [5.41, 5.74) is 0.909. The van der Waals surface area contributed by atoms with Crippen molar-refractivity contribution in [3.8, 4) is 0 Å². The summed E-state index contributed by atoms with van der Waals surface area (Å²) < 4.78 is 0. The fraction of sp³-hybridized carbons (Fsp3) is 0.412. The van der Waals surface area contributed by atoms with Gasteiger partial charge in [-0.25, -0.2) is 4.79 Å². The van der Waals surface area contributed by atoms with Crippen molar-refractivity contribution in [2.75, 3.05) is 0 Å². The maximum Gasteiger partial charge on any atom is 0.326 e. The Morgan fingerprint density at radius 3 is 2.32 bits per heavy atom. The lowest BCUT2D eigenvalue weighted by atomic mass is 10.0. The van der Waals surface area contributed by atoms with Crippen molar-refractivity contribution in [3.63, 3.8) is 0 Å². The van der Waals surface area contributed by atoms with Crippen molar-refractivity contribution in [2.24, 2.45) is 0 Å². The molecule has 0 radical (unpaired) electrons. The quantitative estimate of drug-likeness (QED) is 0.533. The molecule has 3 amide bonds. The summed E-state index contributed by atoms with van der Waals surface area (Å²) in [7, 11) is 0. The maximum absolute atomic E-state index is 12.2. The van der Waals surface area contributed by atoms with Crippen molar-refractivity contribution in [1.29, 1.82) is 0 Å². The number of carbonyl (C=O) groups is 4. The SMILES string of the molecule is CC[C@H](NC(=O)C[C@@H]1NC(=O)[C@H](Cc2ccccc2)NC1=O)C(=O)O. The van der Waals surface area contributed by atoms with Crippen molar-refractivity contribution >= 4 is 23.7 Å². The Morgan fingerprint density at radius 1 is 1.12 bits per heavy atom. The fourth-order valence-electron chi connectivity index (χ4n) is 2.59. The Labute approximate surface area is 145 Å². The van der Waals surface area contributed by atoms with Crippen LogP contribution in [0.1, 0.15) is 25.3 Å². The third-order valence-electron chi connectivity index (χ3n) is 3.98. The van der Waals surface area contributed by atoms with Crippen LogP contribution in [0.4, 0.5) is 0 Å². The molecule has 8 nitrogen and oxygen atoms in total. The normalized spacial score (nSPS) is 21.0. The number of carbonyl (C=O) groups excluding carboxylic acids is 3. The molecule has 1 aliphatic heterocycles. The van der Waals surface area contributed by atoms with E-state index in [2.05, 4.69) is 16.0 Å². The Balaban J connectivity index is 1.91. The molecule has 1 saturated heterocycles. The van der Waals surface area contributed by atoms with Crippen LogP contribution < -0.4 is 16.0 Å². The number of rotatable bonds is 7. The molecule has 0 bridgehead atoms. The van der Waals surface area contributed by atoms with Gasteiger partial charge in [-0.2, -0.15) is 0 Å². The van der Waals surface area contributed by atoms with Crippen LogP contribution in [-0.4, -0.2) is 46.9 Å². The molecule has 0 aliphatic carbocycles. The number of amides is 3. The molecule has 1 aliphatic rings. The minimum Gasteiger partial charge on any atom is -0.480 e. The number of nitrogens with one attached hydrogen (secondary N) is 3. The molecule has 1 aromatic carbocycles. The van der Waals surface area contributed by atoms with Gasteiger partial charge in [0.2, 0.25) is 17.7 Å². The van der Waals surface area contributed by atoms with E-state index in [1.807, 2.05) is 30.3 Å². The standard InChI is InChI=1S/C17H21N3O5/c1-2-11(17(24)25)18-14(21)9-13-16(23)19-12(15(22)20-13)8-10-6-4-3-5-7-10/h3-7,11-13H,2,8-9H2,1H3,(H,18,21)(H,19,23)(H,20,22)(H,24,25)/t11-,12-,13-/m0/s1. The highest BCUT2D eigenvalue weighted by Crippen LogP contribution is 2.08. The highest BCUT2D eigenvalue weighted by atomic mass is 16.4. The highest BCUT2D eigenvalue weighted by Gasteiger charge is 2.35. The molecule has 1 heterocycles. The van der Waals surface area contributed by atoms with Crippen LogP contribution in [0.5, 0.6) is 0 Å². The van der Waals surface area contributed by atoms with Crippen molar-refractivity contribution in [1.82, 2.24) is 16.0 Å². The van der Waals surface area contributed by atoms with Crippen LogP contribution in [-0.2, 0) is 25.6 Å². The fourth-order valence-corrected chi connectivity index (χ4v) is 2.59. The van der Waals surface area contributed by atoms with Crippen LogP contribution in [0.2, 0.25) is 0 Å². The van der Waals surface area contributed by atoms with E-state index in [1.54, 1.807) is 6.92 Å². The molecule has 1 fully saturated rings. The second kappa shape index (κ2) is 8.27. The van der Waals surface area contributed by atoms with Crippen molar-refractivity contribution in [2.45, 2.75) is 44.3 Å². The number of carboxylic acids is 1. The van der Waals surface area contributed by atoms with Crippen LogP contribution in [0.25, 0.3) is 0 Å². The number of aliphatic carboxylic acids is 1. The Kier molecular flexibility index (Phi) is 6.10. The first-order chi connectivity index (χ1) is 11.9. The Morgan fingerprint density at radius 2 is 1.72 bits per heavy atom. The third-order valence-corrected chi connectivity index (χ3v) is 3.98. The second-order valence-electron chi connectivity index (χ2n) is 5.88. The molecular weight excluding hydrogens is 326 g/mol. The summed E-state index contributed by atoms with van der Waals surface area (Å²) in [5, 5.41) is 16.4. The van der Waals surface area contributed by atoms with Gasteiger partial charge in [-0.1, -0.05) is 37.3 Å². The highest BCUT2D eigenvalue weighted by molar-refractivity contribution is 5.99. The summed E-state index contributed by atoms with van der Waals surface area (Å²) in [5.74, 6) is -2.57. The Hall–Kier alpha value is -2.90. The average molecular weight is 347 g/mol. The first-order valence-electron chi connectivity index (χ1n) is 8.07. The van der Waals surface area contributed by atoms with Gasteiger partial charge in [0.15, 0.2) is 0 Å². The lowest BCUT2D eigenvalue weighted by molar-refractivity contribution is -0.142. The van der Waals surface area contributed by atoms with E-state index in [4.69, 9.17) is 5.11 Å². The molecule has 0 spiro atoms. The summed E-state index contributed by atoms with van der Waals surface area (Å²) >= 11 is 0. The van der Waals surface area contributed by atoms with Crippen LogP contribution >= 0.6 is 0 Å². The molecular formula is C17H21N3O5. The molecule has 1 aromatic rings. The number of benzene rings is 1. The number of hydrogen-bond donors (Lipinski definition) is 4. The summed E-state index contributed by atoms with van der Waals surface area (Å²) in [6.07, 6.45) is 0.275. The largest absolute Gasteiger partial charge is 0.480 e. The molecule has 0 unspecified atom stereocenters. The smallest absolute Gasteiger partial charge is 0.326 e. The molecule has 2 rings (SSSR count). The van der Waals surface area contributed by atoms with E-state index >= 15 is 0 Å². The van der Waals surface area contributed by atoms with Crippen molar-refractivity contribution in [3.05, 3.63) is 35.9 Å². The first kappa shape index (κ1) is 18.4. The minimum absolute atomic E-state index is 0.226. The van der Waals surface area contributed by atoms with Crippen LogP contribution in [0.15, 0.2) is 30.3 Å². The number of piperazine rings is 1.